The average molecular weight is 188 g/mol. The van der Waals surface area contributed by atoms with Gasteiger partial charge in [-0.25, -0.2) is 4.39 Å². The summed E-state index contributed by atoms with van der Waals surface area (Å²) < 4.78 is 13.1. The highest BCUT2D eigenvalue weighted by Crippen LogP contribution is 2.24. The van der Waals surface area contributed by atoms with E-state index >= 15 is 0 Å². The van der Waals surface area contributed by atoms with Gasteiger partial charge in [-0.3, -0.25) is 4.79 Å². The lowest BCUT2D eigenvalue weighted by molar-refractivity contribution is 0.0952. The highest BCUT2D eigenvalue weighted by Gasteiger charge is 2.23. The first kappa shape index (κ1) is 8.88. The van der Waals surface area contributed by atoms with E-state index in [4.69, 9.17) is 0 Å². The second kappa shape index (κ2) is 3.58. The quantitative estimate of drug-likeness (QED) is 0.652. The molecule has 0 bridgehead atoms. The molecule has 0 fully saturated rings. The number of allylic oxidation sites excluding steroid dienone is 4. The van der Waals surface area contributed by atoms with E-state index in [1.807, 2.05) is 6.07 Å². The molecule has 1 unspecified atom stereocenters. The highest BCUT2D eigenvalue weighted by atomic mass is 19.1. The zero-order chi connectivity index (χ0) is 9.97. The van der Waals surface area contributed by atoms with Crippen LogP contribution in [0.3, 0.4) is 0 Å². The van der Waals surface area contributed by atoms with E-state index in [1.165, 1.54) is 6.08 Å². The van der Waals surface area contributed by atoms with E-state index < -0.39 is 5.92 Å². The summed E-state index contributed by atoms with van der Waals surface area (Å²) in [7, 11) is 0. The monoisotopic (exact) mass is 188 g/mol. The molecule has 0 aliphatic heterocycles. The van der Waals surface area contributed by atoms with Gasteiger partial charge >= 0.3 is 0 Å². The van der Waals surface area contributed by atoms with Gasteiger partial charge in [0.25, 0.3) is 0 Å². The molecular formula is C12H9FO. The first-order chi connectivity index (χ1) is 6.79. The Labute approximate surface area is 81.6 Å². The van der Waals surface area contributed by atoms with Crippen LogP contribution in [0.25, 0.3) is 0 Å². The van der Waals surface area contributed by atoms with Gasteiger partial charge in [0.15, 0.2) is 5.78 Å². The number of halogens is 1. The lowest BCUT2D eigenvalue weighted by Gasteiger charge is -2.05. The van der Waals surface area contributed by atoms with Crippen LogP contribution in [0.2, 0.25) is 0 Å². The van der Waals surface area contributed by atoms with Crippen LogP contribution in [0.15, 0.2) is 54.4 Å². The van der Waals surface area contributed by atoms with Crippen LogP contribution < -0.4 is 0 Å². The summed E-state index contributed by atoms with van der Waals surface area (Å²) in [6.45, 7) is 0. The topological polar surface area (TPSA) is 17.1 Å². The summed E-state index contributed by atoms with van der Waals surface area (Å²) in [6, 6.07) is 8.76. The molecule has 1 aromatic rings. The summed E-state index contributed by atoms with van der Waals surface area (Å²) in [5, 5.41) is 0. The average Bonchev–Trinajstić information content (AvgIpc) is 2.65. The molecule has 1 aromatic carbocycles. The Balaban J connectivity index is 2.26. The summed E-state index contributed by atoms with van der Waals surface area (Å²) >= 11 is 0. The minimum absolute atomic E-state index is 0.187. The van der Waals surface area contributed by atoms with Crippen molar-refractivity contribution < 1.29 is 9.18 Å². The van der Waals surface area contributed by atoms with Crippen molar-refractivity contribution >= 4 is 5.78 Å². The van der Waals surface area contributed by atoms with Gasteiger partial charge in [0.2, 0.25) is 0 Å². The molecule has 0 N–H and O–H groups in total. The van der Waals surface area contributed by atoms with Crippen LogP contribution in [0.1, 0.15) is 10.4 Å². The predicted octanol–water partition coefficient (Wildman–Crippen LogP) is 2.91. The molecule has 0 spiro atoms. The zero-order valence-electron chi connectivity index (χ0n) is 7.48. The third-order valence-electron chi connectivity index (χ3n) is 2.20. The standard InChI is InChI=1S/C12H9FO/c13-11-8-4-7-10(11)12(14)9-5-2-1-3-6-9/h1-8,10H. The van der Waals surface area contributed by atoms with Gasteiger partial charge in [-0.1, -0.05) is 42.5 Å². The van der Waals surface area contributed by atoms with Crippen LogP contribution in [0.4, 0.5) is 4.39 Å². The minimum Gasteiger partial charge on any atom is -0.293 e. The van der Waals surface area contributed by atoms with Gasteiger partial charge in [0, 0.05) is 5.56 Å². The molecule has 0 radical (unpaired) electrons. The summed E-state index contributed by atoms with van der Waals surface area (Å²) in [5.41, 5.74) is 0.549. The van der Waals surface area contributed by atoms with Crippen molar-refractivity contribution in [3.05, 3.63) is 60.0 Å². The van der Waals surface area contributed by atoms with E-state index in [9.17, 15) is 9.18 Å². The Morgan fingerprint density at radius 3 is 2.50 bits per heavy atom. The lowest BCUT2D eigenvalue weighted by Crippen LogP contribution is -2.11. The van der Waals surface area contributed by atoms with Crippen LogP contribution in [0, 0.1) is 5.92 Å². The van der Waals surface area contributed by atoms with Crippen LogP contribution in [-0.2, 0) is 0 Å². The molecule has 0 saturated carbocycles. The highest BCUT2D eigenvalue weighted by molar-refractivity contribution is 6.00. The first-order valence-electron chi connectivity index (χ1n) is 4.42. The Hall–Kier alpha value is -1.70. The second-order valence-corrected chi connectivity index (χ2v) is 3.14. The molecule has 14 heavy (non-hydrogen) atoms. The molecule has 1 nitrogen and oxygen atoms in total. The molecule has 2 heteroatoms. The van der Waals surface area contributed by atoms with E-state index in [0.29, 0.717) is 5.56 Å². The van der Waals surface area contributed by atoms with Crippen molar-refractivity contribution in [1.29, 1.82) is 0 Å². The smallest absolute Gasteiger partial charge is 0.176 e. The fourth-order valence-corrected chi connectivity index (χ4v) is 1.45. The van der Waals surface area contributed by atoms with E-state index in [2.05, 4.69) is 0 Å². The van der Waals surface area contributed by atoms with E-state index in [0.717, 1.165) is 0 Å². The van der Waals surface area contributed by atoms with Crippen molar-refractivity contribution in [1.82, 2.24) is 0 Å². The van der Waals surface area contributed by atoms with Gasteiger partial charge in [-0.15, -0.1) is 0 Å². The maximum Gasteiger partial charge on any atom is 0.176 e. The Kier molecular flexibility index (Phi) is 2.27. The van der Waals surface area contributed by atoms with Gasteiger partial charge in [0.05, 0.1) is 5.92 Å². The first-order valence-corrected chi connectivity index (χ1v) is 4.42. The molecule has 70 valence electrons. The maximum absolute atomic E-state index is 13.1. The SMILES string of the molecule is O=C(c1ccccc1)C1C=CC=C1F. The Morgan fingerprint density at radius 2 is 1.93 bits per heavy atom. The molecule has 0 heterocycles. The largest absolute Gasteiger partial charge is 0.293 e. The third kappa shape index (κ3) is 1.51. The third-order valence-corrected chi connectivity index (χ3v) is 2.20. The van der Waals surface area contributed by atoms with Gasteiger partial charge in [-0.05, 0) is 6.08 Å². The van der Waals surface area contributed by atoms with Crippen LogP contribution in [0.5, 0.6) is 0 Å². The van der Waals surface area contributed by atoms with Crippen molar-refractivity contribution in [3.8, 4) is 0 Å². The normalized spacial score (nSPS) is 19.5. The number of carbonyl (C=O) groups is 1. The molecule has 1 aliphatic rings. The number of hydrogen-bond acceptors (Lipinski definition) is 1. The molecular weight excluding hydrogens is 179 g/mol. The van der Waals surface area contributed by atoms with E-state index in [1.54, 1.807) is 36.4 Å². The van der Waals surface area contributed by atoms with Crippen LogP contribution in [-0.4, -0.2) is 5.78 Å². The fraction of sp³-hybridized carbons (Fsp3) is 0.0833. The maximum atomic E-state index is 13.1. The van der Waals surface area contributed by atoms with Crippen LogP contribution >= 0.6 is 0 Å². The number of benzene rings is 1. The van der Waals surface area contributed by atoms with E-state index in [-0.39, 0.29) is 11.6 Å². The molecule has 2 rings (SSSR count). The number of ketones is 1. The Bertz CT molecular complexity index is 404. The number of hydrogen-bond donors (Lipinski definition) is 0. The summed E-state index contributed by atoms with van der Waals surface area (Å²) in [6.07, 6.45) is 4.47. The lowest BCUT2D eigenvalue weighted by atomic mass is 9.98. The number of carbonyl (C=O) groups excluding carboxylic acids is 1. The molecule has 1 atom stereocenters. The predicted molar refractivity (Wildman–Crippen MR) is 52.6 cm³/mol. The van der Waals surface area contributed by atoms with Gasteiger partial charge < -0.3 is 0 Å². The van der Waals surface area contributed by atoms with Gasteiger partial charge in [0.1, 0.15) is 5.83 Å². The van der Waals surface area contributed by atoms with Crippen molar-refractivity contribution in [3.63, 3.8) is 0 Å². The zero-order valence-corrected chi connectivity index (χ0v) is 7.48. The fourth-order valence-electron chi connectivity index (χ4n) is 1.45. The number of Topliss-reactive ketones (excluding diaryl/α,β-unsaturated/α-hetero) is 1. The minimum atomic E-state index is -0.711. The summed E-state index contributed by atoms with van der Waals surface area (Å²) in [4.78, 5) is 11.7. The van der Waals surface area contributed by atoms with Crippen molar-refractivity contribution in [2.45, 2.75) is 0 Å². The van der Waals surface area contributed by atoms with Crippen molar-refractivity contribution in [2.75, 3.05) is 0 Å². The number of rotatable bonds is 2. The summed E-state index contributed by atoms with van der Waals surface area (Å²) in [5.74, 6) is -1.27. The molecule has 0 aromatic heterocycles. The molecule has 1 aliphatic carbocycles. The van der Waals surface area contributed by atoms with Crippen molar-refractivity contribution in [2.24, 2.45) is 5.92 Å². The Morgan fingerprint density at radius 1 is 1.21 bits per heavy atom. The molecule has 0 saturated heterocycles. The molecule has 0 amide bonds. The van der Waals surface area contributed by atoms with Gasteiger partial charge in [-0.2, -0.15) is 0 Å². The second-order valence-electron chi connectivity index (χ2n) is 3.14.